The van der Waals surface area contributed by atoms with E-state index in [1.807, 2.05) is 13.8 Å². The molecule has 1 rings (SSSR count). The minimum atomic E-state index is -2.43. The first kappa shape index (κ1) is 12.6. The molecule has 90 valence electrons. The van der Waals surface area contributed by atoms with E-state index in [4.69, 9.17) is 4.74 Å². The van der Waals surface area contributed by atoms with Gasteiger partial charge >= 0.3 is 0 Å². The Kier molecular flexibility index (Phi) is 4.39. The van der Waals surface area contributed by atoms with E-state index in [-0.39, 0.29) is 12.1 Å². The van der Waals surface area contributed by atoms with Gasteiger partial charge in [-0.05, 0) is 20.8 Å². The third kappa shape index (κ3) is 4.37. The lowest BCUT2D eigenvalue weighted by Gasteiger charge is -2.11. The normalized spacial score (nSPS) is 10.9. The van der Waals surface area contributed by atoms with Crippen LogP contribution in [0.4, 0.5) is 14.7 Å². The zero-order chi connectivity index (χ0) is 12.1. The van der Waals surface area contributed by atoms with Crippen molar-refractivity contribution in [3.63, 3.8) is 0 Å². The second kappa shape index (κ2) is 5.58. The predicted octanol–water partition coefficient (Wildman–Crippen LogP) is 2.25. The third-order valence-electron chi connectivity index (χ3n) is 1.60. The van der Waals surface area contributed by atoms with E-state index in [9.17, 15) is 8.78 Å². The molecule has 0 spiro atoms. The number of aromatic nitrogens is 2. The van der Waals surface area contributed by atoms with Crippen LogP contribution in [-0.2, 0) is 0 Å². The summed E-state index contributed by atoms with van der Waals surface area (Å²) in [7, 11) is 0. The van der Waals surface area contributed by atoms with Crippen molar-refractivity contribution in [1.29, 1.82) is 0 Å². The zero-order valence-electron chi connectivity index (χ0n) is 9.50. The van der Waals surface area contributed by atoms with Crippen LogP contribution >= 0.6 is 0 Å². The number of anilines is 1. The fourth-order valence-corrected chi connectivity index (χ4v) is 1.09. The lowest BCUT2D eigenvalue weighted by Crippen LogP contribution is -2.14. The van der Waals surface area contributed by atoms with Crippen molar-refractivity contribution in [3.8, 4) is 5.88 Å². The molecule has 1 heterocycles. The number of hydrogen-bond acceptors (Lipinski definition) is 4. The maximum Gasteiger partial charge on any atom is 0.255 e. The molecule has 4 nitrogen and oxygen atoms in total. The number of halogens is 2. The second-order valence-electron chi connectivity index (χ2n) is 3.61. The van der Waals surface area contributed by atoms with Crippen LogP contribution in [-0.4, -0.2) is 29.0 Å². The minimum absolute atomic E-state index is 0.0164. The largest absolute Gasteiger partial charge is 0.475 e. The summed E-state index contributed by atoms with van der Waals surface area (Å²) < 4.78 is 29.3. The van der Waals surface area contributed by atoms with Gasteiger partial charge in [0.05, 0.1) is 12.6 Å². The maximum absolute atomic E-state index is 12.0. The third-order valence-corrected chi connectivity index (χ3v) is 1.60. The van der Waals surface area contributed by atoms with Gasteiger partial charge < -0.3 is 10.1 Å². The van der Waals surface area contributed by atoms with Crippen LogP contribution in [0.5, 0.6) is 5.88 Å². The molecule has 0 atom stereocenters. The molecule has 6 heteroatoms. The Labute approximate surface area is 93.1 Å². The van der Waals surface area contributed by atoms with Gasteiger partial charge in [-0.2, -0.15) is 4.98 Å². The maximum atomic E-state index is 12.0. The smallest absolute Gasteiger partial charge is 0.255 e. The summed E-state index contributed by atoms with van der Waals surface area (Å²) in [6, 6.07) is 1.66. The molecule has 0 aliphatic rings. The van der Waals surface area contributed by atoms with Crippen LogP contribution in [0.1, 0.15) is 19.5 Å². The standard InChI is InChI=1S/C10H15F2N3O/c1-6(2)16-9-4-7(3)14-10(15-9)13-5-8(11)12/h4,6,8H,5H2,1-3H3,(H,13,14,15). The molecule has 0 saturated heterocycles. The van der Waals surface area contributed by atoms with Crippen molar-refractivity contribution in [2.24, 2.45) is 0 Å². The molecule has 0 radical (unpaired) electrons. The highest BCUT2D eigenvalue weighted by Gasteiger charge is 2.07. The monoisotopic (exact) mass is 231 g/mol. The molecular formula is C10H15F2N3O. The van der Waals surface area contributed by atoms with E-state index in [2.05, 4.69) is 15.3 Å². The average molecular weight is 231 g/mol. The molecule has 1 aromatic rings. The molecule has 0 aromatic carbocycles. The number of rotatable bonds is 5. The van der Waals surface area contributed by atoms with Crippen molar-refractivity contribution >= 4 is 5.95 Å². The summed E-state index contributed by atoms with van der Waals surface area (Å²) in [5.41, 5.74) is 0.669. The van der Waals surface area contributed by atoms with E-state index >= 15 is 0 Å². The van der Waals surface area contributed by atoms with E-state index in [1.165, 1.54) is 0 Å². The molecule has 0 unspecified atom stereocenters. The first-order valence-electron chi connectivity index (χ1n) is 5.01. The number of ether oxygens (including phenoxy) is 1. The van der Waals surface area contributed by atoms with Gasteiger partial charge in [0.2, 0.25) is 11.8 Å². The van der Waals surface area contributed by atoms with Gasteiger partial charge in [-0.1, -0.05) is 0 Å². The summed E-state index contributed by atoms with van der Waals surface area (Å²) in [4.78, 5) is 7.95. The van der Waals surface area contributed by atoms with Gasteiger partial charge in [0.15, 0.2) is 0 Å². The Morgan fingerprint density at radius 1 is 1.38 bits per heavy atom. The highest BCUT2D eigenvalue weighted by molar-refractivity contribution is 5.30. The highest BCUT2D eigenvalue weighted by Crippen LogP contribution is 2.13. The molecule has 0 fully saturated rings. The summed E-state index contributed by atoms with van der Waals surface area (Å²) in [6.07, 6.45) is -2.45. The van der Waals surface area contributed by atoms with Gasteiger partial charge in [0.25, 0.3) is 6.43 Å². The summed E-state index contributed by atoms with van der Waals surface area (Å²) in [6.45, 7) is 5.01. The summed E-state index contributed by atoms with van der Waals surface area (Å²) >= 11 is 0. The van der Waals surface area contributed by atoms with Gasteiger partial charge in [-0.25, -0.2) is 13.8 Å². The fraction of sp³-hybridized carbons (Fsp3) is 0.600. The molecule has 0 amide bonds. The summed E-state index contributed by atoms with van der Waals surface area (Å²) in [5.74, 6) is 0.551. The number of alkyl halides is 2. The lowest BCUT2D eigenvalue weighted by molar-refractivity contribution is 0.163. The average Bonchev–Trinajstić information content (AvgIpc) is 2.12. The van der Waals surface area contributed by atoms with Crippen LogP contribution in [0.2, 0.25) is 0 Å². The van der Waals surface area contributed by atoms with Crippen molar-refractivity contribution in [1.82, 2.24) is 9.97 Å². The van der Waals surface area contributed by atoms with E-state index in [0.29, 0.717) is 11.6 Å². The van der Waals surface area contributed by atoms with Crippen molar-refractivity contribution in [3.05, 3.63) is 11.8 Å². The first-order valence-corrected chi connectivity index (χ1v) is 5.01. The molecule has 16 heavy (non-hydrogen) atoms. The van der Waals surface area contributed by atoms with Crippen molar-refractivity contribution in [2.75, 3.05) is 11.9 Å². The number of nitrogens with zero attached hydrogens (tertiary/aromatic N) is 2. The second-order valence-corrected chi connectivity index (χ2v) is 3.61. The molecular weight excluding hydrogens is 216 g/mol. The zero-order valence-corrected chi connectivity index (χ0v) is 9.50. The Balaban J connectivity index is 2.73. The Bertz CT molecular complexity index is 345. The quantitative estimate of drug-likeness (QED) is 0.844. The number of nitrogens with one attached hydrogen (secondary N) is 1. The fourth-order valence-electron chi connectivity index (χ4n) is 1.09. The van der Waals surface area contributed by atoms with Crippen LogP contribution in [0, 0.1) is 6.92 Å². The predicted molar refractivity (Wildman–Crippen MR) is 57.0 cm³/mol. The summed E-state index contributed by atoms with van der Waals surface area (Å²) in [5, 5.41) is 2.45. The molecule has 0 aliphatic heterocycles. The van der Waals surface area contributed by atoms with Crippen LogP contribution in [0.15, 0.2) is 6.07 Å². The Morgan fingerprint density at radius 2 is 2.06 bits per heavy atom. The number of aryl methyl sites for hydroxylation is 1. The lowest BCUT2D eigenvalue weighted by atomic mass is 10.4. The van der Waals surface area contributed by atoms with Crippen molar-refractivity contribution in [2.45, 2.75) is 33.3 Å². The van der Waals surface area contributed by atoms with Gasteiger partial charge in [-0.3, -0.25) is 0 Å². The topological polar surface area (TPSA) is 47.0 Å². The highest BCUT2D eigenvalue weighted by atomic mass is 19.3. The van der Waals surface area contributed by atoms with Crippen LogP contribution in [0.25, 0.3) is 0 Å². The Hall–Kier alpha value is -1.46. The first-order chi connectivity index (χ1) is 7.47. The van der Waals surface area contributed by atoms with Crippen LogP contribution in [0.3, 0.4) is 0 Å². The molecule has 1 aromatic heterocycles. The van der Waals surface area contributed by atoms with E-state index < -0.39 is 13.0 Å². The molecule has 0 bridgehead atoms. The molecule has 0 aliphatic carbocycles. The minimum Gasteiger partial charge on any atom is -0.475 e. The SMILES string of the molecule is Cc1cc(OC(C)C)nc(NCC(F)F)n1. The number of hydrogen-bond donors (Lipinski definition) is 1. The van der Waals surface area contributed by atoms with Crippen LogP contribution < -0.4 is 10.1 Å². The van der Waals surface area contributed by atoms with Crippen molar-refractivity contribution < 1.29 is 13.5 Å². The van der Waals surface area contributed by atoms with Gasteiger partial charge in [0.1, 0.15) is 0 Å². The van der Waals surface area contributed by atoms with Gasteiger partial charge in [-0.15, -0.1) is 0 Å². The van der Waals surface area contributed by atoms with Gasteiger partial charge in [0, 0.05) is 11.8 Å². The van der Waals surface area contributed by atoms with E-state index in [0.717, 1.165) is 0 Å². The molecule has 1 N–H and O–H groups in total. The molecule has 0 saturated carbocycles. The Morgan fingerprint density at radius 3 is 2.62 bits per heavy atom. The van der Waals surface area contributed by atoms with E-state index in [1.54, 1.807) is 13.0 Å².